The smallest absolute Gasteiger partial charge is 0.376 e. The van der Waals surface area contributed by atoms with Gasteiger partial charge in [-0.3, -0.25) is 0 Å². The standard InChI is InChI=1S/C12H19BN2O2/c1-13(17)15-8-6-14(7-9-15)12-4-2-11(10-16)3-5-12/h2-5,16-17H,6-10H2,1H3. The molecule has 5 heteroatoms. The van der Waals surface area contributed by atoms with Crippen LogP contribution in [-0.4, -0.2) is 48.2 Å². The summed E-state index contributed by atoms with van der Waals surface area (Å²) in [7, 11) is -0.353. The number of benzene rings is 1. The number of hydrogen-bond acceptors (Lipinski definition) is 4. The summed E-state index contributed by atoms with van der Waals surface area (Å²) < 4.78 is 0. The second-order valence-corrected chi connectivity index (χ2v) is 4.48. The van der Waals surface area contributed by atoms with Gasteiger partial charge in [-0.05, 0) is 24.5 Å². The zero-order valence-electron chi connectivity index (χ0n) is 10.2. The minimum atomic E-state index is -0.353. The number of nitrogens with zero attached hydrogens (tertiary/aromatic N) is 2. The predicted octanol–water partition coefficient (Wildman–Crippen LogP) is 0.411. The Morgan fingerprint density at radius 1 is 1.12 bits per heavy atom. The van der Waals surface area contributed by atoms with Crippen LogP contribution < -0.4 is 4.90 Å². The predicted molar refractivity (Wildman–Crippen MR) is 70.0 cm³/mol. The van der Waals surface area contributed by atoms with Crippen molar-refractivity contribution in [2.24, 2.45) is 0 Å². The molecule has 0 aliphatic carbocycles. The fourth-order valence-corrected chi connectivity index (χ4v) is 2.17. The highest BCUT2D eigenvalue weighted by Crippen LogP contribution is 2.17. The Hall–Kier alpha value is -1.04. The molecule has 1 aliphatic rings. The first-order valence-corrected chi connectivity index (χ1v) is 6.07. The quantitative estimate of drug-likeness (QED) is 0.744. The van der Waals surface area contributed by atoms with E-state index in [1.807, 2.05) is 31.1 Å². The lowest BCUT2D eigenvalue weighted by molar-refractivity contribution is 0.282. The Labute approximate surface area is 103 Å². The third-order valence-electron chi connectivity index (χ3n) is 3.33. The van der Waals surface area contributed by atoms with Gasteiger partial charge in [0.2, 0.25) is 0 Å². The van der Waals surface area contributed by atoms with E-state index in [2.05, 4.69) is 9.71 Å². The molecular weight excluding hydrogens is 215 g/mol. The van der Waals surface area contributed by atoms with E-state index >= 15 is 0 Å². The monoisotopic (exact) mass is 234 g/mol. The van der Waals surface area contributed by atoms with Gasteiger partial charge in [-0.15, -0.1) is 0 Å². The van der Waals surface area contributed by atoms with E-state index in [9.17, 15) is 5.02 Å². The van der Waals surface area contributed by atoms with Crippen LogP contribution in [0.3, 0.4) is 0 Å². The molecule has 0 saturated carbocycles. The summed E-state index contributed by atoms with van der Waals surface area (Å²) in [6, 6.07) is 8.00. The van der Waals surface area contributed by atoms with Crippen LogP contribution in [0.5, 0.6) is 0 Å². The Morgan fingerprint density at radius 3 is 2.18 bits per heavy atom. The molecule has 2 rings (SSSR count). The van der Waals surface area contributed by atoms with E-state index in [0.29, 0.717) is 0 Å². The lowest BCUT2D eigenvalue weighted by Gasteiger charge is -2.36. The summed E-state index contributed by atoms with van der Waals surface area (Å²) in [5, 5.41) is 18.5. The maximum absolute atomic E-state index is 9.48. The van der Waals surface area contributed by atoms with Gasteiger partial charge in [-0.25, -0.2) is 0 Å². The van der Waals surface area contributed by atoms with Crippen molar-refractivity contribution >= 4 is 12.7 Å². The third kappa shape index (κ3) is 3.00. The Morgan fingerprint density at radius 2 is 1.71 bits per heavy atom. The lowest BCUT2D eigenvalue weighted by Crippen LogP contribution is -2.51. The molecule has 0 aromatic heterocycles. The fraction of sp³-hybridized carbons (Fsp3) is 0.500. The minimum absolute atomic E-state index is 0.0933. The van der Waals surface area contributed by atoms with Gasteiger partial charge >= 0.3 is 7.05 Å². The molecule has 1 saturated heterocycles. The summed E-state index contributed by atoms with van der Waals surface area (Å²) in [6.07, 6.45) is 0. The average molecular weight is 234 g/mol. The third-order valence-corrected chi connectivity index (χ3v) is 3.33. The van der Waals surface area contributed by atoms with Crippen LogP contribution in [0.2, 0.25) is 6.82 Å². The van der Waals surface area contributed by atoms with Crippen molar-refractivity contribution in [3.8, 4) is 0 Å². The van der Waals surface area contributed by atoms with E-state index in [1.54, 1.807) is 0 Å². The van der Waals surface area contributed by atoms with Crippen molar-refractivity contribution in [1.82, 2.24) is 4.81 Å². The number of rotatable bonds is 3. The SMILES string of the molecule is CB(O)N1CCN(c2ccc(CO)cc2)CC1. The van der Waals surface area contributed by atoms with Crippen LogP contribution in [-0.2, 0) is 6.61 Å². The summed E-state index contributed by atoms with van der Waals surface area (Å²) in [6.45, 7) is 5.55. The average Bonchev–Trinajstić information content (AvgIpc) is 2.39. The Kier molecular flexibility index (Phi) is 4.04. The van der Waals surface area contributed by atoms with Gasteiger partial charge in [0, 0.05) is 31.9 Å². The van der Waals surface area contributed by atoms with Gasteiger partial charge in [-0.1, -0.05) is 12.1 Å². The van der Waals surface area contributed by atoms with Gasteiger partial charge in [-0.2, -0.15) is 0 Å². The number of hydrogen-bond donors (Lipinski definition) is 2. The molecule has 0 bridgehead atoms. The normalized spacial score (nSPS) is 17.2. The van der Waals surface area contributed by atoms with Crippen LogP contribution in [0, 0.1) is 0 Å². The maximum atomic E-state index is 9.48. The molecule has 1 aliphatic heterocycles. The summed E-state index contributed by atoms with van der Waals surface area (Å²) in [5.41, 5.74) is 2.13. The van der Waals surface area contributed by atoms with Crippen molar-refractivity contribution in [3.05, 3.63) is 29.8 Å². The molecule has 1 heterocycles. The fourth-order valence-electron chi connectivity index (χ4n) is 2.17. The molecule has 0 spiro atoms. The highest BCUT2D eigenvalue weighted by molar-refractivity contribution is 6.45. The first kappa shape index (κ1) is 12.4. The topological polar surface area (TPSA) is 46.9 Å². The lowest BCUT2D eigenvalue weighted by atomic mass is 9.84. The van der Waals surface area contributed by atoms with Crippen molar-refractivity contribution in [2.75, 3.05) is 31.1 Å². The van der Waals surface area contributed by atoms with Crippen LogP contribution in [0.1, 0.15) is 5.56 Å². The first-order valence-electron chi connectivity index (χ1n) is 6.07. The second kappa shape index (κ2) is 5.53. The van der Waals surface area contributed by atoms with Gasteiger partial charge in [0.1, 0.15) is 0 Å². The molecule has 0 atom stereocenters. The molecule has 1 fully saturated rings. The first-order chi connectivity index (χ1) is 8.20. The van der Waals surface area contributed by atoms with Crippen LogP contribution in [0.25, 0.3) is 0 Å². The molecule has 4 nitrogen and oxygen atoms in total. The number of aliphatic hydroxyl groups excluding tert-OH is 1. The molecular formula is C12H19BN2O2. The molecule has 1 aromatic rings. The summed E-state index contributed by atoms with van der Waals surface area (Å²) >= 11 is 0. The molecule has 0 unspecified atom stereocenters. The summed E-state index contributed by atoms with van der Waals surface area (Å²) in [5.74, 6) is 0. The van der Waals surface area contributed by atoms with Crippen molar-refractivity contribution < 1.29 is 10.1 Å². The van der Waals surface area contributed by atoms with E-state index in [1.165, 1.54) is 5.69 Å². The van der Waals surface area contributed by atoms with E-state index < -0.39 is 0 Å². The molecule has 1 aromatic carbocycles. The zero-order chi connectivity index (χ0) is 12.3. The van der Waals surface area contributed by atoms with E-state index in [0.717, 1.165) is 31.7 Å². The molecule has 0 amide bonds. The van der Waals surface area contributed by atoms with Crippen LogP contribution >= 0.6 is 0 Å². The number of piperazine rings is 1. The molecule has 17 heavy (non-hydrogen) atoms. The van der Waals surface area contributed by atoms with Gasteiger partial charge < -0.3 is 19.8 Å². The largest absolute Gasteiger partial charge is 0.437 e. The zero-order valence-corrected chi connectivity index (χ0v) is 10.2. The Bertz CT molecular complexity index is 348. The maximum Gasteiger partial charge on any atom is 0.376 e. The van der Waals surface area contributed by atoms with Crippen LogP contribution in [0.4, 0.5) is 5.69 Å². The highest BCUT2D eigenvalue weighted by Gasteiger charge is 2.22. The van der Waals surface area contributed by atoms with Gasteiger partial charge in [0.25, 0.3) is 0 Å². The van der Waals surface area contributed by atoms with Crippen molar-refractivity contribution in [2.45, 2.75) is 13.4 Å². The second-order valence-electron chi connectivity index (χ2n) is 4.48. The Balaban J connectivity index is 1.95. The van der Waals surface area contributed by atoms with Crippen LogP contribution in [0.15, 0.2) is 24.3 Å². The summed E-state index contributed by atoms with van der Waals surface area (Å²) in [4.78, 5) is 4.37. The van der Waals surface area contributed by atoms with Crippen molar-refractivity contribution in [1.29, 1.82) is 0 Å². The minimum Gasteiger partial charge on any atom is -0.437 e. The highest BCUT2D eigenvalue weighted by atomic mass is 16.3. The number of aliphatic hydroxyl groups is 1. The molecule has 0 radical (unpaired) electrons. The molecule has 2 N–H and O–H groups in total. The van der Waals surface area contributed by atoms with E-state index in [4.69, 9.17) is 5.11 Å². The van der Waals surface area contributed by atoms with E-state index in [-0.39, 0.29) is 13.7 Å². The van der Waals surface area contributed by atoms with Crippen molar-refractivity contribution in [3.63, 3.8) is 0 Å². The van der Waals surface area contributed by atoms with Gasteiger partial charge in [0.15, 0.2) is 0 Å². The van der Waals surface area contributed by atoms with Gasteiger partial charge in [0.05, 0.1) is 6.61 Å². The number of anilines is 1. The molecule has 92 valence electrons.